The van der Waals surface area contributed by atoms with E-state index in [0.29, 0.717) is 12.5 Å². The van der Waals surface area contributed by atoms with Gasteiger partial charge in [0.15, 0.2) is 11.6 Å². The highest BCUT2D eigenvalue weighted by Gasteiger charge is 2.06. The lowest BCUT2D eigenvalue weighted by molar-refractivity contribution is 0.293. The largest absolute Gasteiger partial charge is 0.485 e. The average Bonchev–Trinajstić information content (AvgIpc) is 2.87. The molecule has 0 bridgehead atoms. The molecule has 0 saturated carbocycles. The molecule has 2 aromatic rings. The van der Waals surface area contributed by atoms with E-state index in [-0.39, 0.29) is 11.6 Å². The van der Waals surface area contributed by atoms with Crippen LogP contribution in [0.1, 0.15) is 23.6 Å². The molecule has 2 nitrogen and oxygen atoms in total. The molecule has 114 valence electrons. The normalized spacial score (nSPS) is 11.1. The van der Waals surface area contributed by atoms with Crippen molar-refractivity contribution in [1.29, 1.82) is 0 Å². The molecule has 0 radical (unpaired) electrons. The van der Waals surface area contributed by atoms with Gasteiger partial charge in [-0.05, 0) is 42.8 Å². The Morgan fingerprint density at radius 3 is 2.76 bits per heavy atom. The van der Waals surface area contributed by atoms with E-state index in [0.717, 1.165) is 22.4 Å². The van der Waals surface area contributed by atoms with Crippen LogP contribution < -0.4 is 10.1 Å². The quantitative estimate of drug-likeness (QED) is 0.741. The Bertz CT molecular complexity index is 585. The molecule has 2 rings (SSSR count). The van der Waals surface area contributed by atoms with Crippen molar-refractivity contribution in [3.05, 3.63) is 50.4 Å². The third-order valence-electron chi connectivity index (χ3n) is 2.83. The zero-order chi connectivity index (χ0) is 15.2. The average molecular weight is 372 g/mol. The standard InChI is InChI=1S/C16H19BrFNOS/c1-11(2)8-19-9-13-4-5-14(21-13)10-20-16-7-12(17)3-6-15(16)18/h3-7,11,19H,8-10H2,1-2H3. The first-order valence-corrected chi connectivity index (χ1v) is 8.51. The van der Waals surface area contributed by atoms with Gasteiger partial charge in [-0.1, -0.05) is 29.8 Å². The van der Waals surface area contributed by atoms with E-state index in [2.05, 4.69) is 41.2 Å². The van der Waals surface area contributed by atoms with Gasteiger partial charge in [0.25, 0.3) is 0 Å². The number of hydrogen-bond acceptors (Lipinski definition) is 3. The Morgan fingerprint density at radius 2 is 2.00 bits per heavy atom. The van der Waals surface area contributed by atoms with Gasteiger partial charge >= 0.3 is 0 Å². The molecule has 1 aromatic carbocycles. The summed E-state index contributed by atoms with van der Waals surface area (Å²) in [6, 6.07) is 8.83. The highest BCUT2D eigenvalue weighted by molar-refractivity contribution is 9.10. The molecule has 1 N–H and O–H groups in total. The van der Waals surface area contributed by atoms with Gasteiger partial charge in [0.2, 0.25) is 0 Å². The molecule has 0 atom stereocenters. The van der Waals surface area contributed by atoms with Crippen molar-refractivity contribution in [2.45, 2.75) is 27.0 Å². The second-order valence-corrected chi connectivity index (χ2v) is 7.42. The molecule has 0 aliphatic carbocycles. The van der Waals surface area contributed by atoms with Crippen LogP contribution in [0.2, 0.25) is 0 Å². The third-order valence-corrected chi connectivity index (χ3v) is 4.38. The van der Waals surface area contributed by atoms with Crippen LogP contribution >= 0.6 is 27.3 Å². The van der Waals surface area contributed by atoms with E-state index in [1.54, 1.807) is 23.5 Å². The maximum absolute atomic E-state index is 13.6. The summed E-state index contributed by atoms with van der Waals surface area (Å²) >= 11 is 5.01. The van der Waals surface area contributed by atoms with Crippen LogP contribution in [0.15, 0.2) is 34.8 Å². The minimum absolute atomic E-state index is 0.275. The van der Waals surface area contributed by atoms with Gasteiger partial charge < -0.3 is 10.1 Å². The molecule has 0 saturated heterocycles. The predicted octanol–water partition coefficient (Wildman–Crippen LogP) is 4.97. The van der Waals surface area contributed by atoms with Crippen LogP contribution in [0, 0.1) is 11.7 Å². The smallest absolute Gasteiger partial charge is 0.165 e. The van der Waals surface area contributed by atoms with Crippen molar-refractivity contribution in [2.24, 2.45) is 5.92 Å². The van der Waals surface area contributed by atoms with Crippen molar-refractivity contribution in [3.63, 3.8) is 0 Å². The summed E-state index contributed by atoms with van der Waals surface area (Å²) in [5.41, 5.74) is 0. The molecule has 0 aliphatic rings. The van der Waals surface area contributed by atoms with Crippen molar-refractivity contribution in [1.82, 2.24) is 5.32 Å². The van der Waals surface area contributed by atoms with Crippen LogP contribution in [0.25, 0.3) is 0 Å². The number of ether oxygens (including phenoxy) is 1. The SMILES string of the molecule is CC(C)CNCc1ccc(COc2cc(Br)ccc2F)s1. The molecule has 0 amide bonds. The summed E-state index contributed by atoms with van der Waals surface area (Å²) in [6.45, 7) is 6.64. The number of nitrogens with one attached hydrogen (secondary N) is 1. The van der Waals surface area contributed by atoms with Gasteiger partial charge in [-0.25, -0.2) is 4.39 Å². The molecule has 0 spiro atoms. The molecule has 21 heavy (non-hydrogen) atoms. The first-order chi connectivity index (χ1) is 10.0. The zero-order valence-electron chi connectivity index (χ0n) is 12.2. The minimum Gasteiger partial charge on any atom is -0.485 e. The van der Waals surface area contributed by atoms with Crippen LogP contribution in [0.5, 0.6) is 5.75 Å². The van der Waals surface area contributed by atoms with Crippen LogP contribution in [-0.2, 0) is 13.2 Å². The maximum Gasteiger partial charge on any atom is 0.165 e. The van der Waals surface area contributed by atoms with Gasteiger partial charge in [-0.3, -0.25) is 0 Å². The minimum atomic E-state index is -0.339. The van der Waals surface area contributed by atoms with E-state index >= 15 is 0 Å². The van der Waals surface area contributed by atoms with E-state index in [1.807, 2.05) is 6.07 Å². The van der Waals surface area contributed by atoms with Crippen molar-refractivity contribution < 1.29 is 9.13 Å². The fraction of sp³-hybridized carbons (Fsp3) is 0.375. The predicted molar refractivity (Wildman–Crippen MR) is 89.3 cm³/mol. The Balaban J connectivity index is 1.86. The summed E-state index contributed by atoms with van der Waals surface area (Å²) < 4.78 is 19.9. The zero-order valence-corrected chi connectivity index (χ0v) is 14.6. The fourth-order valence-electron chi connectivity index (χ4n) is 1.82. The molecule has 1 aromatic heterocycles. The molecular formula is C16H19BrFNOS. The molecular weight excluding hydrogens is 353 g/mol. The van der Waals surface area contributed by atoms with Gasteiger partial charge in [0.1, 0.15) is 6.61 Å². The molecule has 0 fully saturated rings. The number of rotatable bonds is 7. The van der Waals surface area contributed by atoms with E-state index in [1.165, 1.54) is 10.9 Å². The highest BCUT2D eigenvalue weighted by atomic mass is 79.9. The first-order valence-electron chi connectivity index (χ1n) is 6.90. The van der Waals surface area contributed by atoms with Gasteiger partial charge in [0, 0.05) is 20.8 Å². The van der Waals surface area contributed by atoms with Crippen LogP contribution in [0.3, 0.4) is 0 Å². The summed E-state index contributed by atoms with van der Waals surface area (Å²) in [5, 5.41) is 3.41. The lowest BCUT2D eigenvalue weighted by Crippen LogP contribution is -2.18. The Kier molecular flexibility index (Phi) is 6.21. The van der Waals surface area contributed by atoms with Gasteiger partial charge in [-0.2, -0.15) is 0 Å². The number of thiophene rings is 1. The van der Waals surface area contributed by atoms with E-state index < -0.39 is 0 Å². The molecule has 0 aliphatic heterocycles. The fourth-order valence-corrected chi connectivity index (χ4v) is 3.06. The second-order valence-electron chi connectivity index (χ2n) is 5.26. The Labute approximate surface area is 137 Å². The van der Waals surface area contributed by atoms with Gasteiger partial charge in [-0.15, -0.1) is 11.3 Å². The summed E-state index contributed by atoms with van der Waals surface area (Å²) in [5.74, 6) is 0.582. The Hall–Kier alpha value is -0.910. The molecule has 0 unspecified atom stereocenters. The topological polar surface area (TPSA) is 21.3 Å². The molecule has 5 heteroatoms. The summed E-state index contributed by atoms with van der Waals surface area (Å²) in [6.07, 6.45) is 0. The van der Waals surface area contributed by atoms with Crippen molar-refractivity contribution in [2.75, 3.05) is 6.54 Å². The first kappa shape index (κ1) is 16.5. The van der Waals surface area contributed by atoms with E-state index in [9.17, 15) is 4.39 Å². The monoisotopic (exact) mass is 371 g/mol. The Morgan fingerprint density at radius 1 is 1.24 bits per heavy atom. The number of benzene rings is 1. The second kappa shape index (κ2) is 7.92. The summed E-state index contributed by atoms with van der Waals surface area (Å²) in [7, 11) is 0. The maximum atomic E-state index is 13.6. The summed E-state index contributed by atoms with van der Waals surface area (Å²) in [4.78, 5) is 2.36. The van der Waals surface area contributed by atoms with Crippen LogP contribution in [-0.4, -0.2) is 6.54 Å². The lowest BCUT2D eigenvalue weighted by atomic mass is 10.2. The van der Waals surface area contributed by atoms with Gasteiger partial charge in [0.05, 0.1) is 0 Å². The number of halogens is 2. The van der Waals surface area contributed by atoms with E-state index in [4.69, 9.17) is 4.74 Å². The van der Waals surface area contributed by atoms with Crippen molar-refractivity contribution >= 4 is 27.3 Å². The highest BCUT2D eigenvalue weighted by Crippen LogP contribution is 2.24. The molecule has 1 heterocycles. The van der Waals surface area contributed by atoms with Crippen molar-refractivity contribution in [3.8, 4) is 5.75 Å². The third kappa shape index (κ3) is 5.41. The van der Waals surface area contributed by atoms with Crippen LogP contribution in [0.4, 0.5) is 4.39 Å². The lowest BCUT2D eigenvalue weighted by Gasteiger charge is -2.06. The number of hydrogen-bond donors (Lipinski definition) is 1.